The zero-order chi connectivity index (χ0) is 10.8. The summed E-state index contributed by atoms with van der Waals surface area (Å²) in [6, 6.07) is 0.0193. The van der Waals surface area contributed by atoms with Crippen molar-refractivity contribution in [3.8, 4) is 0 Å². The summed E-state index contributed by atoms with van der Waals surface area (Å²) in [6.45, 7) is 8.68. The average molecular weight is 199 g/mol. The molecule has 0 radical (unpaired) electrons. The first-order chi connectivity index (χ1) is 6.50. The molecule has 0 amide bonds. The maximum absolute atomic E-state index is 11.3. The van der Waals surface area contributed by atoms with Crippen molar-refractivity contribution in [2.75, 3.05) is 20.2 Å². The fraction of sp³-hybridized carbons (Fsp3) is 0.909. The number of esters is 1. The van der Waals surface area contributed by atoms with Gasteiger partial charge in [-0.25, -0.2) is 0 Å². The van der Waals surface area contributed by atoms with Gasteiger partial charge in [0.2, 0.25) is 0 Å². The molecular formula is C11H21NO2. The molecule has 1 atom stereocenters. The number of hydrogen-bond acceptors (Lipinski definition) is 3. The molecule has 82 valence electrons. The van der Waals surface area contributed by atoms with E-state index in [1.165, 1.54) is 7.11 Å². The third kappa shape index (κ3) is 2.47. The van der Waals surface area contributed by atoms with E-state index in [0.29, 0.717) is 5.41 Å². The van der Waals surface area contributed by atoms with E-state index in [1.807, 2.05) is 0 Å². The van der Waals surface area contributed by atoms with Crippen LogP contribution >= 0.6 is 0 Å². The van der Waals surface area contributed by atoms with E-state index in [1.54, 1.807) is 0 Å². The second kappa shape index (κ2) is 4.30. The number of carbonyl (C=O) groups excluding carboxylic acids is 1. The van der Waals surface area contributed by atoms with Gasteiger partial charge in [0.05, 0.1) is 7.11 Å². The Morgan fingerprint density at radius 1 is 1.57 bits per heavy atom. The lowest BCUT2D eigenvalue weighted by Gasteiger charge is -2.43. The van der Waals surface area contributed by atoms with Crippen LogP contribution in [-0.2, 0) is 9.53 Å². The van der Waals surface area contributed by atoms with Crippen molar-refractivity contribution >= 4 is 5.97 Å². The molecule has 14 heavy (non-hydrogen) atoms. The van der Waals surface area contributed by atoms with Gasteiger partial charge in [0.15, 0.2) is 0 Å². The number of likely N-dealkylation sites (tertiary alicyclic amines) is 1. The molecule has 3 nitrogen and oxygen atoms in total. The summed E-state index contributed by atoms with van der Waals surface area (Å²) < 4.78 is 4.75. The van der Waals surface area contributed by atoms with E-state index >= 15 is 0 Å². The minimum atomic E-state index is -0.0804. The molecular weight excluding hydrogens is 178 g/mol. The zero-order valence-corrected chi connectivity index (χ0v) is 9.67. The predicted molar refractivity (Wildman–Crippen MR) is 56.1 cm³/mol. The van der Waals surface area contributed by atoms with Gasteiger partial charge in [0, 0.05) is 13.1 Å². The Morgan fingerprint density at radius 3 is 2.57 bits per heavy atom. The van der Waals surface area contributed by atoms with Crippen LogP contribution in [0.2, 0.25) is 0 Å². The van der Waals surface area contributed by atoms with E-state index in [0.717, 1.165) is 25.9 Å². The topological polar surface area (TPSA) is 29.5 Å². The van der Waals surface area contributed by atoms with E-state index in [2.05, 4.69) is 25.7 Å². The number of carbonyl (C=O) groups is 1. The number of methoxy groups -OCH3 is 1. The van der Waals surface area contributed by atoms with Gasteiger partial charge < -0.3 is 4.74 Å². The maximum Gasteiger partial charge on any atom is 0.323 e. The summed E-state index contributed by atoms with van der Waals surface area (Å²) >= 11 is 0. The van der Waals surface area contributed by atoms with Crippen molar-refractivity contribution in [2.24, 2.45) is 5.41 Å². The molecule has 0 aromatic carbocycles. The molecule has 1 saturated heterocycles. The first-order valence-corrected chi connectivity index (χ1v) is 5.32. The van der Waals surface area contributed by atoms with Crippen molar-refractivity contribution in [1.82, 2.24) is 4.90 Å². The number of ether oxygens (including phenoxy) is 1. The molecule has 0 bridgehead atoms. The van der Waals surface area contributed by atoms with Gasteiger partial charge in [0.25, 0.3) is 0 Å². The molecule has 1 rings (SSSR count). The second-order valence-electron chi connectivity index (χ2n) is 4.82. The SMILES string of the molecule is CCC(C)(C)CN1CCC1C(=O)OC. The Bertz CT molecular complexity index is 213. The first-order valence-electron chi connectivity index (χ1n) is 5.32. The van der Waals surface area contributed by atoms with Gasteiger partial charge in [0.1, 0.15) is 6.04 Å². The van der Waals surface area contributed by atoms with Crippen LogP contribution in [0.4, 0.5) is 0 Å². The number of nitrogens with zero attached hydrogens (tertiary/aromatic N) is 1. The smallest absolute Gasteiger partial charge is 0.323 e. The number of hydrogen-bond donors (Lipinski definition) is 0. The quantitative estimate of drug-likeness (QED) is 0.645. The molecule has 1 aliphatic rings. The molecule has 1 heterocycles. The zero-order valence-electron chi connectivity index (χ0n) is 9.67. The molecule has 0 aromatic heterocycles. The van der Waals surface area contributed by atoms with Gasteiger partial charge in [-0.2, -0.15) is 0 Å². The minimum Gasteiger partial charge on any atom is -0.468 e. The molecule has 3 heteroatoms. The van der Waals surface area contributed by atoms with E-state index in [-0.39, 0.29) is 12.0 Å². The van der Waals surface area contributed by atoms with E-state index < -0.39 is 0 Å². The number of rotatable bonds is 4. The largest absolute Gasteiger partial charge is 0.468 e. The fourth-order valence-corrected chi connectivity index (χ4v) is 1.69. The summed E-state index contributed by atoms with van der Waals surface area (Å²) in [5, 5.41) is 0. The van der Waals surface area contributed by atoms with Crippen LogP contribution < -0.4 is 0 Å². The second-order valence-corrected chi connectivity index (χ2v) is 4.82. The van der Waals surface area contributed by atoms with Crippen molar-refractivity contribution in [2.45, 2.75) is 39.7 Å². The summed E-state index contributed by atoms with van der Waals surface area (Å²) in [5.74, 6) is -0.0804. The van der Waals surface area contributed by atoms with Crippen molar-refractivity contribution in [1.29, 1.82) is 0 Å². The molecule has 0 spiro atoms. The third-order valence-electron chi connectivity index (χ3n) is 3.19. The Balaban J connectivity index is 2.44. The van der Waals surface area contributed by atoms with Gasteiger partial charge >= 0.3 is 5.97 Å². The lowest BCUT2D eigenvalue weighted by atomic mass is 9.87. The summed E-state index contributed by atoms with van der Waals surface area (Å²) in [5.41, 5.74) is 0.298. The van der Waals surface area contributed by atoms with Crippen LogP contribution in [0.3, 0.4) is 0 Å². The molecule has 1 fully saturated rings. The maximum atomic E-state index is 11.3. The van der Waals surface area contributed by atoms with Crippen LogP contribution in [0.1, 0.15) is 33.6 Å². The third-order valence-corrected chi connectivity index (χ3v) is 3.19. The van der Waals surface area contributed by atoms with Crippen LogP contribution in [0.5, 0.6) is 0 Å². The lowest BCUT2D eigenvalue weighted by Crippen LogP contribution is -2.55. The molecule has 0 saturated carbocycles. The Kier molecular flexibility index (Phi) is 3.53. The Hall–Kier alpha value is -0.570. The highest BCUT2D eigenvalue weighted by atomic mass is 16.5. The van der Waals surface area contributed by atoms with Gasteiger partial charge in [-0.05, 0) is 18.3 Å². The minimum absolute atomic E-state index is 0.0193. The fourth-order valence-electron chi connectivity index (χ4n) is 1.69. The van der Waals surface area contributed by atoms with Gasteiger partial charge in [-0.1, -0.05) is 20.8 Å². The Labute approximate surface area is 86.4 Å². The lowest BCUT2D eigenvalue weighted by molar-refractivity contribution is -0.152. The monoisotopic (exact) mass is 199 g/mol. The first kappa shape index (κ1) is 11.5. The molecule has 0 aromatic rings. The standard InChI is InChI=1S/C11H21NO2/c1-5-11(2,3)8-12-7-6-9(12)10(13)14-4/h9H,5-8H2,1-4H3. The average Bonchev–Trinajstić information content (AvgIpc) is 2.12. The van der Waals surface area contributed by atoms with Crippen LogP contribution in [0.25, 0.3) is 0 Å². The summed E-state index contributed by atoms with van der Waals surface area (Å²) in [4.78, 5) is 13.5. The summed E-state index contributed by atoms with van der Waals surface area (Å²) in [6.07, 6.45) is 2.09. The van der Waals surface area contributed by atoms with E-state index in [9.17, 15) is 4.79 Å². The normalized spacial score (nSPS) is 23.0. The molecule has 1 unspecified atom stereocenters. The van der Waals surface area contributed by atoms with E-state index in [4.69, 9.17) is 4.74 Å². The van der Waals surface area contributed by atoms with Crippen molar-refractivity contribution < 1.29 is 9.53 Å². The van der Waals surface area contributed by atoms with Crippen LogP contribution in [0.15, 0.2) is 0 Å². The van der Waals surface area contributed by atoms with Crippen LogP contribution in [-0.4, -0.2) is 37.1 Å². The molecule has 0 N–H and O–H groups in total. The highest BCUT2D eigenvalue weighted by Crippen LogP contribution is 2.27. The van der Waals surface area contributed by atoms with Crippen molar-refractivity contribution in [3.63, 3.8) is 0 Å². The van der Waals surface area contributed by atoms with Gasteiger partial charge in [-0.15, -0.1) is 0 Å². The highest BCUT2D eigenvalue weighted by Gasteiger charge is 2.37. The predicted octanol–water partition coefficient (Wildman–Crippen LogP) is 1.67. The van der Waals surface area contributed by atoms with Gasteiger partial charge in [-0.3, -0.25) is 9.69 Å². The van der Waals surface area contributed by atoms with Crippen molar-refractivity contribution in [3.05, 3.63) is 0 Å². The molecule has 1 aliphatic heterocycles. The molecule has 0 aliphatic carbocycles. The Morgan fingerprint density at radius 2 is 2.21 bits per heavy atom. The highest BCUT2D eigenvalue weighted by molar-refractivity contribution is 5.76. The summed E-state index contributed by atoms with van der Waals surface area (Å²) in [7, 11) is 1.46. The van der Waals surface area contributed by atoms with Crippen LogP contribution in [0, 0.1) is 5.41 Å².